The lowest BCUT2D eigenvalue weighted by Crippen LogP contribution is -2.46. The van der Waals surface area contributed by atoms with Crippen LogP contribution in [-0.2, 0) is 14.4 Å². The molecule has 2 heterocycles. The van der Waals surface area contributed by atoms with E-state index >= 15 is 0 Å². The van der Waals surface area contributed by atoms with Gasteiger partial charge >= 0.3 is 5.97 Å². The molecule has 0 radical (unpaired) electrons. The van der Waals surface area contributed by atoms with Crippen molar-refractivity contribution in [3.63, 3.8) is 0 Å². The summed E-state index contributed by atoms with van der Waals surface area (Å²) in [6.45, 7) is 0.370. The van der Waals surface area contributed by atoms with Crippen LogP contribution < -0.4 is 4.90 Å². The van der Waals surface area contributed by atoms with Gasteiger partial charge in [-0.2, -0.15) is 0 Å². The predicted octanol–water partition coefficient (Wildman–Crippen LogP) is 2.03. The van der Waals surface area contributed by atoms with Gasteiger partial charge in [-0.25, -0.2) is 13.6 Å². The van der Waals surface area contributed by atoms with E-state index in [1.54, 1.807) is 0 Å². The van der Waals surface area contributed by atoms with Crippen LogP contribution in [0.25, 0.3) is 0 Å². The molecule has 0 aromatic heterocycles. The Morgan fingerprint density at radius 1 is 1.15 bits per heavy atom. The standard InChI is InChI=1S/C19H20F2N2O4/c20-12-4-5-15(14(21)7-12)22-9-11(6-16(22)24)18(25)23-8-10-2-1-3-13(10)17(23)19(26)27/h4-5,7,10-11,13,17H,1-3,6,8-9H2,(H,26,27). The SMILES string of the molecule is O=C(O)C1C2CCCC2CN1C(=O)C1CC(=O)N(c2ccc(F)cc2F)C1. The van der Waals surface area contributed by atoms with E-state index in [9.17, 15) is 28.3 Å². The molecular weight excluding hydrogens is 358 g/mol. The summed E-state index contributed by atoms with van der Waals surface area (Å²) in [5.74, 6) is -3.97. The van der Waals surface area contributed by atoms with Crippen molar-refractivity contribution in [1.82, 2.24) is 4.90 Å². The number of amides is 2. The first-order chi connectivity index (χ1) is 12.9. The molecule has 0 spiro atoms. The summed E-state index contributed by atoms with van der Waals surface area (Å²) in [6, 6.07) is 2.08. The molecule has 1 aromatic rings. The first-order valence-electron chi connectivity index (χ1n) is 9.15. The van der Waals surface area contributed by atoms with Gasteiger partial charge in [0.2, 0.25) is 11.8 Å². The Bertz CT molecular complexity index is 815. The molecule has 6 nitrogen and oxygen atoms in total. The van der Waals surface area contributed by atoms with Gasteiger partial charge in [0.15, 0.2) is 0 Å². The van der Waals surface area contributed by atoms with E-state index in [2.05, 4.69) is 0 Å². The minimum Gasteiger partial charge on any atom is -0.480 e. The molecule has 144 valence electrons. The molecule has 1 N–H and O–H groups in total. The molecule has 1 aromatic carbocycles. The molecule has 1 aliphatic carbocycles. The lowest BCUT2D eigenvalue weighted by Gasteiger charge is -2.27. The number of rotatable bonds is 3. The number of hydrogen-bond donors (Lipinski definition) is 1. The average Bonchev–Trinajstić information content (AvgIpc) is 3.27. The smallest absolute Gasteiger partial charge is 0.326 e. The molecule has 2 aliphatic heterocycles. The first-order valence-corrected chi connectivity index (χ1v) is 9.15. The summed E-state index contributed by atoms with van der Waals surface area (Å²) in [5, 5.41) is 9.61. The zero-order valence-corrected chi connectivity index (χ0v) is 14.6. The summed E-state index contributed by atoms with van der Waals surface area (Å²) in [5.41, 5.74) is -0.0650. The Hall–Kier alpha value is -2.51. The molecule has 8 heteroatoms. The van der Waals surface area contributed by atoms with Crippen LogP contribution in [0.4, 0.5) is 14.5 Å². The molecule has 0 bridgehead atoms. The second-order valence-corrected chi connectivity index (χ2v) is 7.63. The number of aliphatic carboxylic acids is 1. The molecule has 4 unspecified atom stereocenters. The van der Waals surface area contributed by atoms with Gasteiger partial charge in [0.25, 0.3) is 0 Å². The third-order valence-corrected chi connectivity index (χ3v) is 6.10. The maximum absolute atomic E-state index is 14.0. The third kappa shape index (κ3) is 2.96. The van der Waals surface area contributed by atoms with Gasteiger partial charge in [-0.1, -0.05) is 6.42 Å². The summed E-state index contributed by atoms with van der Waals surface area (Å²) >= 11 is 0. The van der Waals surface area contributed by atoms with Crippen molar-refractivity contribution in [3.05, 3.63) is 29.8 Å². The number of carboxylic acid groups (broad SMARTS) is 1. The van der Waals surface area contributed by atoms with Gasteiger partial charge in [0.05, 0.1) is 11.6 Å². The Labute approximate surface area is 154 Å². The number of nitrogens with zero attached hydrogens (tertiary/aromatic N) is 2. The molecule has 3 aliphatic rings. The number of carboxylic acids is 1. The largest absolute Gasteiger partial charge is 0.480 e. The van der Waals surface area contributed by atoms with Crippen molar-refractivity contribution in [1.29, 1.82) is 0 Å². The van der Waals surface area contributed by atoms with Crippen molar-refractivity contribution in [2.45, 2.75) is 31.7 Å². The molecule has 3 fully saturated rings. The number of carbonyl (C=O) groups is 3. The van der Waals surface area contributed by atoms with Crippen LogP contribution in [0.3, 0.4) is 0 Å². The fourth-order valence-electron chi connectivity index (χ4n) is 4.89. The summed E-state index contributed by atoms with van der Waals surface area (Å²) in [7, 11) is 0. The second-order valence-electron chi connectivity index (χ2n) is 7.63. The van der Waals surface area contributed by atoms with Gasteiger partial charge in [0.1, 0.15) is 17.7 Å². The topological polar surface area (TPSA) is 77.9 Å². The molecule has 4 atom stereocenters. The second kappa shape index (κ2) is 6.58. The Morgan fingerprint density at radius 3 is 2.63 bits per heavy atom. The number of carbonyl (C=O) groups excluding carboxylic acids is 2. The highest BCUT2D eigenvalue weighted by molar-refractivity contribution is 6.01. The maximum Gasteiger partial charge on any atom is 0.326 e. The van der Waals surface area contributed by atoms with E-state index in [1.807, 2.05) is 0 Å². The maximum atomic E-state index is 14.0. The number of benzene rings is 1. The average molecular weight is 378 g/mol. The van der Waals surface area contributed by atoms with E-state index in [0.717, 1.165) is 30.2 Å². The van der Waals surface area contributed by atoms with Crippen molar-refractivity contribution in [2.75, 3.05) is 18.0 Å². The zero-order valence-electron chi connectivity index (χ0n) is 14.6. The van der Waals surface area contributed by atoms with Crippen LogP contribution in [0.15, 0.2) is 18.2 Å². The monoisotopic (exact) mass is 378 g/mol. The van der Waals surface area contributed by atoms with Crippen LogP contribution >= 0.6 is 0 Å². The first kappa shape index (κ1) is 17.9. The van der Waals surface area contributed by atoms with Crippen LogP contribution in [-0.4, -0.2) is 46.9 Å². The summed E-state index contributed by atoms with van der Waals surface area (Å²) in [6.07, 6.45) is 2.57. The van der Waals surface area contributed by atoms with E-state index in [4.69, 9.17) is 0 Å². The van der Waals surface area contributed by atoms with Crippen LogP contribution in [0.1, 0.15) is 25.7 Å². The lowest BCUT2D eigenvalue weighted by molar-refractivity contribution is -0.151. The van der Waals surface area contributed by atoms with E-state index < -0.39 is 35.5 Å². The lowest BCUT2D eigenvalue weighted by atomic mass is 9.94. The quantitative estimate of drug-likeness (QED) is 0.873. The number of halogens is 2. The Morgan fingerprint density at radius 2 is 1.93 bits per heavy atom. The highest BCUT2D eigenvalue weighted by Gasteiger charge is 2.51. The van der Waals surface area contributed by atoms with Crippen LogP contribution in [0.2, 0.25) is 0 Å². The molecule has 1 saturated carbocycles. The minimum atomic E-state index is -1.01. The predicted molar refractivity (Wildman–Crippen MR) is 90.8 cm³/mol. The van der Waals surface area contributed by atoms with Gasteiger partial charge in [-0.3, -0.25) is 9.59 Å². The molecule has 2 amide bonds. The van der Waals surface area contributed by atoms with E-state index in [-0.39, 0.29) is 36.4 Å². The zero-order chi connectivity index (χ0) is 19.3. The number of anilines is 1. The summed E-state index contributed by atoms with van der Waals surface area (Å²) in [4.78, 5) is 39.6. The van der Waals surface area contributed by atoms with Crippen molar-refractivity contribution >= 4 is 23.5 Å². The normalized spacial score (nSPS) is 30.1. The van der Waals surface area contributed by atoms with Gasteiger partial charge in [-0.15, -0.1) is 0 Å². The fourth-order valence-corrected chi connectivity index (χ4v) is 4.89. The van der Waals surface area contributed by atoms with Crippen LogP contribution in [0.5, 0.6) is 0 Å². The molecule has 4 rings (SSSR count). The number of hydrogen-bond acceptors (Lipinski definition) is 3. The van der Waals surface area contributed by atoms with Crippen molar-refractivity contribution in [2.24, 2.45) is 17.8 Å². The molecular formula is C19H20F2N2O4. The fraction of sp³-hybridized carbons (Fsp3) is 0.526. The van der Waals surface area contributed by atoms with Crippen LogP contribution in [0, 0.1) is 29.4 Å². The highest BCUT2D eigenvalue weighted by Crippen LogP contribution is 2.43. The number of likely N-dealkylation sites (tertiary alicyclic amines) is 1. The van der Waals surface area contributed by atoms with Gasteiger partial charge < -0.3 is 14.9 Å². The Kier molecular flexibility index (Phi) is 4.36. The minimum absolute atomic E-state index is 0.0294. The molecule has 2 saturated heterocycles. The van der Waals surface area contributed by atoms with Gasteiger partial charge in [-0.05, 0) is 36.8 Å². The van der Waals surface area contributed by atoms with E-state index in [0.29, 0.717) is 12.6 Å². The third-order valence-electron chi connectivity index (χ3n) is 6.10. The number of fused-ring (bicyclic) bond motifs is 1. The summed E-state index contributed by atoms with van der Waals surface area (Å²) < 4.78 is 27.1. The van der Waals surface area contributed by atoms with E-state index in [1.165, 1.54) is 11.0 Å². The molecule has 27 heavy (non-hydrogen) atoms. The van der Waals surface area contributed by atoms with Gasteiger partial charge in [0, 0.05) is 25.6 Å². The van der Waals surface area contributed by atoms with Crippen molar-refractivity contribution < 1.29 is 28.3 Å². The van der Waals surface area contributed by atoms with Crippen molar-refractivity contribution in [3.8, 4) is 0 Å². The highest BCUT2D eigenvalue weighted by atomic mass is 19.1. The Balaban J connectivity index is 1.53.